The largest absolute Gasteiger partial charge is 0.496 e. The van der Waals surface area contributed by atoms with Crippen LogP contribution in [0.1, 0.15) is 17.2 Å². The molecule has 0 aliphatic carbocycles. The van der Waals surface area contributed by atoms with E-state index in [-0.39, 0.29) is 13.2 Å². The zero-order chi connectivity index (χ0) is 17.4. The summed E-state index contributed by atoms with van der Waals surface area (Å²) in [4.78, 5) is 15.5. The minimum atomic E-state index is -1.25. The number of methoxy groups -OCH3 is 1. The van der Waals surface area contributed by atoms with Gasteiger partial charge in [-0.15, -0.1) is 0 Å². The Hall–Kier alpha value is -2.64. The number of hydrogen-bond acceptors (Lipinski definition) is 6. The fourth-order valence-corrected chi connectivity index (χ4v) is 2.08. The van der Waals surface area contributed by atoms with Crippen LogP contribution in [0.15, 0.2) is 48.8 Å². The SMILES string of the molecule is COc1ccncc1C(O)C(O)CNC(=O)OCc1ccccc1. The van der Waals surface area contributed by atoms with E-state index in [1.165, 1.54) is 19.5 Å². The number of pyridine rings is 1. The summed E-state index contributed by atoms with van der Waals surface area (Å²) in [5, 5.41) is 22.6. The van der Waals surface area contributed by atoms with Crippen molar-refractivity contribution < 1.29 is 24.5 Å². The number of nitrogens with zero attached hydrogens (tertiary/aromatic N) is 1. The molecule has 0 spiro atoms. The lowest BCUT2D eigenvalue weighted by molar-refractivity contribution is 0.0169. The first-order chi connectivity index (χ1) is 11.6. The molecule has 0 aliphatic rings. The smallest absolute Gasteiger partial charge is 0.407 e. The first-order valence-electron chi connectivity index (χ1n) is 7.40. The number of hydrogen-bond donors (Lipinski definition) is 3. The second-order valence-electron chi connectivity index (χ2n) is 5.07. The highest BCUT2D eigenvalue weighted by molar-refractivity contribution is 5.67. The van der Waals surface area contributed by atoms with Crippen molar-refractivity contribution in [2.75, 3.05) is 13.7 Å². The highest BCUT2D eigenvalue weighted by Crippen LogP contribution is 2.25. The van der Waals surface area contributed by atoms with Crippen LogP contribution in [0.3, 0.4) is 0 Å². The second kappa shape index (κ2) is 8.85. The summed E-state index contributed by atoms with van der Waals surface area (Å²) in [5.41, 5.74) is 1.19. The van der Waals surface area contributed by atoms with Gasteiger partial charge in [0, 0.05) is 24.5 Å². The molecule has 1 aromatic carbocycles. The molecule has 0 fully saturated rings. The van der Waals surface area contributed by atoms with Crippen LogP contribution in [0.4, 0.5) is 4.79 Å². The van der Waals surface area contributed by atoms with Gasteiger partial charge in [0.25, 0.3) is 0 Å². The second-order valence-corrected chi connectivity index (χ2v) is 5.07. The fourth-order valence-electron chi connectivity index (χ4n) is 2.08. The normalized spacial score (nSPS) is 13.0. The standard InChI is InChI=1S/C17H20N2O5/c1-23-15-7-8-18-9-13(15)16(21)14(20)10-19-17(22)24-11-12-5-3-2-4-6-12/h2-9,14,16,20-21H,10-11H2,1H3,(H,19,22). The average molecular weight is 332 g/mol. The molecular formula is C17H20N2O5. The number of carbonyl (C=O) groups excluding carboxylic acids is 1. The van der Waals surface area contributed by atoms with Crippen LogP contribution in [0, 0.1) is 0 Å². The van der Waals surface area contributed by atoms with Gasteiger partial charge in [0.05, 0.1) is 7.11 Å². The average Bonchev–Trinajstić information content (AvgIpc) is 2.64. The third kappa shape index (κ3) is 4.94. The number of carbonyl (C=O) groups is 1. The highest BCUT2D eigenvalue weighted by Gasteiger charge is 2.22. The predicted octanol–water partition coefficient (Wildman–Crippen LogP) is 1.41. The van der Waals surface area contributed by atoms with E-state index in [1.807, 2.05) is 30.3 Å². The highest BCUT2D eigenvalue weighted by atomic mass is 16.5. The molecule has 0 aliphatic heterocycles. The molecule has 24 heavy (non-hydrogen) atoms. The van der Waals surface area contributed by atoms with Crippen molar-refractivity contribution in [3.63, 3.8) is 0 Å². The Morgan fingerprint density at radius 3 is 2.71 bits per heavy atom. The summed E-state index contributed by atoms with van der Waals surface area (Å²) in [6.45, 7) is -0.0470. The van der Waals surface area contributed by atoms with E-state index in [1.54, 1.807) is 6.07 Å². The summed E-state index contributed by atoms with van der Waals surface area (Å²) < 4.78 is 10.1. The van der Waals surface area contributed by atoms with Gasteiger partial charge in [0.2, 0.25) is 0 Å². The van der Waals surface area contributed by atoms with Gasteiger partial charge in [-0.25, -0.2) is 4.79 Å². The van der Waals surface area contributed by atoms with Crippen LogP contribution in [0.25, 0.3) is 0 Å². The molecule has 3 N–H and O–H groups in total. The Kier molecular flexibility index (Phi) is 6.53. The van der Waals surface area contributed by atoms with E-state index in [2.05, 4.69) is 10.3 Å². The van der Waals surface area contributed by atoms with E-state index in [4.69, 9.17) is 9.47 Å². The molecule has 2 atom stereocenters. The van der Waals surface area contributed by atoms with Crippen molar-refractivity contribution in [3.05, 3.63) is 59.9 Å². The van der Waals surface area contributed by atoms with Crippen molar-refractivity contribution in [3.8, 4) is 5.75 Å². The lowest BCUT2D eigenvalue weighted by atomic mass is 10.1. The van der Waals surface area contributed by atoms with E-state index < -0.39 is 18.3 Å². The van der Waals surface area contributed by atoms with E-state index >= 15 is 0 Å². The number of aliphatic hydroxyl groups is 2. The topological polar surface area (TPSA) is 101 Å². The minimum Gasteiger partial charge on any atom is -0.496 e. The lowest BCUT2D eigenvalue weighted by Gasteiger charge is -2.20. The molecule has 2 unspecified atom stereocenters. The molecule has 7 nitrogen and oxygen atoms in total. The maximum Gasteiger partial charge on any atom is 0.407 e. The number of ether oxygens (including phenoxy) is 2. The first kappa shape index (κ1) is 17.7. The van der Waals surface area contributed by atoms with Gasteiger partial charge in [-0.05, 0) is 11.6 Å². The van der Waals surface area contributed by atoms with Gasteiger partial charge >= 0.3 is 6.09 Å². The summed E-state index contributed by atoms with van der Waals surface area (Å²) in [5.74, 6) is 0.406. The zero-order valence-electron chi connectivity index (χ0n) is 13.3. The summed E-state index contributed by atoms with van der Waals surface area (Å²) in [7, 11) is 1.46. The molecule has 0 saturated heterocycles. The number of amides is 1. The van der Waals surface area contributed by atoms with Crippen LogP contribution in [0.5, 0.6) is 5.75 Å². The maximum atomic E-state index is 11.6. The maximum absolute atomic E-state index is 11.6. The Morgan fingerprint density at radius 2 is 2.00 bits per heavy atom. The monoisotopic (exact) mass is 332 g/mol. The minimum absolute atomic E-state index is 0.127. The lowest BCUT2D eigenvalue weighted by Crippen LogP contribution is -2.35. The summed E-state index contributed by atoms with van der Waals surface area (Å²) in [6, 6.07) is 10.8. The van der Waals surface area contributed by atoms with Crippen LogP contribution in [-0.4, -0.2) is 41.0 Å². The number of benzene rings is 1. The third-order valence-electron chi connectivity index (χ3n) is 3.38. The van der Waals surface area contributed by atoms with Crippen molar-refractivity contribution in [2.45, 2.75) is 18.8 Å². The first-order valence-corrected chi connectivity index (χ1v) is 7.40. The van der Waals surface area contributed by atoms with Gasteiger partial charge in [-0.2, -0.15) is 0 Å². The van der Waals surface area contributed by atoms with Gasteiger partial charge in [-0.1, -0.05) is 30.3 Å². The van der Waals surface area contributed by atoms with Gasteiger partial charge < -0.3 is 25.0 Å². The molecule has 1 amide bonds. The Labute approximate surface area is 139 Å². The van der Waals surface area contributed by atoms with E-state index in [9.17, 15) is 15.0 Å². The molecule has 128 valence electrons. The molecule has 1 heterocycles. The summed E-state index contributed by atoms with van der Waals surface area (Å²) in [6.07, 6.45) is -0.236. The van der Waals surface area contributed by atoms with Crippen molar-refractivity contribution in [1.29, 1.82) is 0 Å². The quantitative estimate of drug-likeness (QED) is 0.709. The van der Waals surface area contributed by atoms with E-state index in [0.29, 0.717) is 11.3 Å². The Morgan fingerprint density at radius 1 is 1.25 bits per heavy atom. The number of nitrogens with one attached hydrogen (secondary N) is 1. The molecule has 0 bridgehead atoms. The molecule has 1 aromatic heterocycles. The Bertz CT molecular complexity index is 650. The Balaban J connectivity index is 1.81. The van der Waals surface area contributed by atoms with Crippen molar-refractivity contribution in [1.82, 2.24) is 10.3 Å². The fraction of sp³-hybridized carbons (Fsp3) is 0.294. The molecule has 2 aromatic rings. The van der Waals surface area contributed by atoms with Crippen molar-refractivity contribution >= 4 is 6.09 Å². The van der Waals surface area contributed by atoms with Crippen LogP contribution >= 0.6 is 0 Å². The van der Waals surface area contributed by atoms with Gasteiger partial charge in [0.15, 0.2) is 0 Å². The summed E-state index contributed by atoms with van der Waals surface area (Å²) >= 11 is 0. The van der Waals surface area contributed by atoms with Crippen LogP contribution < -0.4 is 10.1 Å². The van der Waals surface area contributed by atoms with Gasteiger partial charge in [-0.3, -0.25) is 4.98 Å². The number of rotatable bonds is 7. The molecule has 2 rings (SSSR count). The molecule has 0 radical (unpaired) electrons. The number of alkyl carbamates (subject to hydrolysis) is 1. The number of aromatic nitrogens is 1. The van der Waals surface area contributed by atoms with Crippen molar-refractivity contribution in [2.24, 2.45) is 0 Å². The van der Waals surface area contributed by atoms with Crippen LogP contribution in [-0.2, 0) is 11.3 Å². The van der Waals surface area contributed by atoms with Gasteiger partial charge in [0.1, 0.15) is 24.6 Å². The van der Waals surface area contributed by atoms with E-state index in [0.717, 1.165) is 5.56 Å². The van der Waals surface area contributed by atoms with Crippen LogP contribution in [0.2, 0.25) is 0 Å². The molecule has 0 saturated carbocycles. The predicted molar refractivity (Wildman–Crippen MR) is 86.4 cm³/mol. The number of aliphatic hydroxyl groups excluding tert-OH is 2. The molecule has 7 heteroatoms. The molecular weight excluding hydrogens is 312 g/mol. The zero-order valence-corrected chi connectivity index (χ0v) is 13.3. The third-order valence-corrected chi connectivity index (χ3v) is 3.38.